The SMILES string of the molecule is C=C(OC)c1cscn1. The number of ether oxygens (including phenoxy) is 1. The van der Waals surface area contributed by atoms with Crippen LogP contribution in [0.2, 0.25) is 0 Å². The van der Waals surface area contributed by atoms with Gasteiger partial charge in [-0.3, -0.25) is 0 Å². The van der Waals surface area contributed by atoms with E-state index in [9.17, 15) is 0 Å². The number of nitrogens with zero attached hydrogens (tertiary/aromatic N) is 1. The van der Waals surface area contributed by atoms with Gasteiger partial charge in [-0.05, 0) is 0 Å². The van der Waals surface area contributed by atoms with E-state index in [0.717, 1.165) is 5.69 Å². The fourth-order valence-corrected chi connectivity index (χ4v) is 1.01. The maximum absolute atomic E-state index is 4.84. The number of hydrogen-bond acceptors (Lipinski definition) is 3. The van der Waals surface area contributed by atoms with E-state index in [1.54, 1.807) is 12.6 Å². The molecule has 9 heavy (non-hydrogen) atoms. The summed E-state index contributed by atoms with van der Waals surface area (Å²) in [5.74, 6) is 0.622. The fourth-order valence-electron chi connectivity index (χ4n) is 0.455. The summed E-state index contributed by atoms with van der Waals surface area (Å²) < 4.78 is 4.84. The second-order valence-corrected chi connectivity index (χ2v) is 2.22. The van der Waals surface area contributed by atoms with Crippen LogP contribution in [-0.4, -0.2) is 12.1 Å². The van der Waals surface area contributed by atoms with Gasteiger partial charge in [0.1, 0.15) is 11.5 Å². The average molecular weight is 141 g/mol. The van der Waals surface area contributed by atoms with Crippen LogP contribution in [0.15, 0.2) is 17.5 Å². The highest BCUT2D eigenvalue weighted by Crippen LogP contribution is 2.11. The van der Waals surface area contributed by atoms with Gasteiger partial charge in [0.05, 0.1) is 12.6 Å². The van der Waals surface area contributed by atoms with Crippen molar-refractivity contribution in [3.8, 4) is 0 Å². The Morgan fingerprint density at radius 2 is 2.67 bits per heavy atom. The molecule has 3 heteroatoms. The summed E-state index contributed by atoms with van der Waals surface area (Å²) in [6.45, 7) is 3.64. The normalized spacial score (nSPS) is 9.00. The number of methoxy groups -OCH3 is 1. The van der Waals surface area contributed by atoms with E-state index in [1.807, 2.05) is 5.38 Å². The molecule has 1 heterocycles. The van der Waals surface area contributed by atoms with E-state index in [4.69, 9.17) is 4.74 Å². The summed E-state index contributed by atoms with van der Waals surface area (Å²) in [6.07, 6.45) is 0. The predicted molar refractivity (Wildman–Crippen MR) is 38.2 cm³/mol. The highest BCUT2D eigenvalue weighted by molar-refractivity contribution is 7.07. The van der Waals surface area contributed by atoms with Gasteiger partial charge in [0.2, 0.25) is 0 Å². The molecule has 0 aliphatic heterocycles. The summed E-state index contributed by atoms with van der Waals surface area (Å²) in [7, 11) is 1.58. The lowest BCUT2D eigenvalue weighted by molar-refractivity contribution is 0.370. The quantitative estimate of drug-likeness (QED) is 0.585. The van der Waals surface area contributed by atoms with E-state index < -0.39 is 0 Å². The average Bonchev–Trinajstić information content (AvgIpc) is 2.37. The van der Waals surface area contributed by atoms with Gasteiger partial charge >= 0.3 is 0 Å². The standard InChI is InChI=1S/C6H7NOS/c1-5(8-2)6-3-9-4-7-6/h3-4H,1H2,2H3. The van der Waals surface area contributed by atoms with Crippen LogP contribution in [0.1, 0.15) is 5.69 Å². The summed E-state index contributed by atoms with van der Waals surface area (Å²) in [6, 6.07) is 0. The third-order valence-electron chi connectivity index (χ3n) is 0.964. The van der Waals surface area contributed by atoms with Crippen LogP contribution in [0.5, 0.6) is 0 Å². The Kier molecular flexibility index (Phi) is 1.85. The van der Waals surface area contributed by atoms with Gasteiger partial charge in [0.15, 0.2) is 0 Å². The van der Waals surface area contributed by atoms with Crippen molar-refractivity contribution in [1.82, 2.24) is 4.98 Å². The molecule has 0 aliphatic carbocycles. The van der Waals surface area contributed by atoms with E-state index in [-0.39, 0.29) is 0 Å². The molecule has 0 aliphatic rings. The molecular formula is C6H7NOS. The molecule has 0 unspecified atom stereocenters. The number of thiazole rings is 1. The van der Waals surface area contributed by atoms with Gasteiger partial charge in [-0.2, -0.15) is 0 Å². The summed E-state index contributed by atoms with van der Waals surface area (Å²) in [5, 5.41) is 1.89. The van der Waals surface area contributed by atoms with E-state index >= 15 is 0 Å². The predicted octanol–water partition coefficient (Wildman–Crippen LogP) is 1.76. The molecule has 2 nitrogen and oxygen atoms in total. The van der Waals surface area contributed by atoms with Crippen LogP contribution in [0, 0.1) is 0 Å². The van der Waals surface area contributed by atoms with Gasteiger partial charge in [0, 0.05) is 5.38 Å². The Bertz CT molecular complexity index is 193. The lowest BCUT2D eigenvalue weighted by atomic mass is 10.4. The van der Waals surface area contributed by atoms with Crippen molar-refractivity contribution < 1.29 is 4.74 Å². The highest BCUT2D eigenvalue weighted by Gasteiger charge is 1.96. The molecule has 0 fully saturated rings. The van der Waals surface area contributed by atoms with E-state index in [2.05, 4.69) is 11.6 Å². The van der Waals surface area contributed by atoms with Gasteiger partial charge < -0.3 is 4.74 Å². The Balaban J connectivity index is 2.77. The molecule has 0 bridgehead atoms. The van der Waals surface area contributed by atoms with E-state index in [1.165, 1.54) is 11.3 Å². The van der Waals surface area contributed by atoms with Crippen LogP contribution in [0.25, 0.3) is 5.76 Å². The molecule has 1 rings (SSSR count). The van der Waals surface area contributed by atoms with Crippen LogP contribution in [0.4, 0.5) is 0 Å². The van der Waals surface area contributed by atoms with Crippen LogP contribution in [-0.2, 0) is 4.74 Å². The number of aromatic nitrogens is 1. The van der Waals surface area contributed by atoms with Crippen molar-refractivity contribution in [2.24, 2.45) is 0 Å². The van der Waals surface area contributed by atoms with Gasteiger partial charge in [-0.1, -0.05) is 6.58 Å². The zero-order valence-corrected chi connectivity index (χ0v) is 5.94. The summed E-state index contributed by atoms with van der Waals surface area (Å²) in [5.41, 5.74) is 2.57. The van der Waals surface area contributed by atoms with Crippen LogP contribution < -0.4 is 0 Å². The molecule has 48 valence electrons. The Labute approximate surface area is 57.8 Å². The van der Waals surface area contributed by atoms with Gasteiger partial charge in [-0.25, -0.2) is 4.98 Å². The van der Waals surface area contributed by atoms with Crippen LogP contribution in [0.3, 0.4) is 0 Å². The molecule has 0 amide bonds. The molecule has 1 aromatic rings. The smallest absolute Gasteiger partial charge is 0.138 e. The van der Waals surface area contributed by atoms with E-state index in [0.29, 0.717) is 5.76 Å². The second kappa shape index (κ2) is 2.64. The zero-order valence-electron chi connectivity index (χ0n) is 5.13. The summed E-state index contributed by atoms with van der Waals surface area (Å²) in [4.78, 5) is 3.98. The molecule has 0 spiro atoms. The highest BCUT2D eigenvalue weighted by atomic mass is 32.1. The summed E-state index contributed by atoms with van der Waals surface area (Å²) >= 11 is 1.53. The molecule has 0 saturated carbocycles. The Hall–Kier alpha value is -0.830. The molecule has 1 aromatic heterocycles. The Morgan fingerprint density at radius 1 is 1.89 bits per heavy atom. The Morgan fingerprint density at radius 3 is 3.11 bits per heavy atom. The first-order chi connectivity index (χ1) is 4.34. The molecule has 0 radical (unpaired) electrons. The van der Waals surface area contributed by atoms with Crippen molar-refractivity contribution in [1.29, 1.82) is 0 Å². The molecule has 0 atom stereocenters. The first kappa shape index (κ1) is 6.29. The largest absolute Gasteiger partial charge is 0.495 e. The monoisotopic (exact) mass is 141 g/mol. The second-order valence-electron chi connectivity index (χ2n) is 1.50. The molecule has 0 aromatic carbocycles. The molecular weight excluding hydrogens is 134 g/mol. The maximum atomic E-state index is 4.84. The van der Waals surface area contributed by atoms with Gasteiger partial charge in [-0.15, -0.1) is 11.3 Å². The van der Waals surface area contributed by atoms with Crippen LogP contribution >= 0.6 is 11.3 Å². The van der Waals surface area contributed by atoms with Crippen molar-refractivity contribution in [2.75, 3.05) is 7.11 Å². The zero-order chi connectivity index (χ0) is 6.69. The van der Waals surface area contributed by atoms with Crippen molar-refractivity contribution >= 4 is 17.1 Å². The minimum atomic E-state index is 0.622. The molecule has 0 saturated heterocycles. The minimum absolute atomic E-state index is 0.622. The van der Waals surface area contributed by atoms with Gasteiger partial charge in [0.25, 0.3) is 0 Å². The van der Waals surface area contributed by atoms with Crippen molar-refractivity contribution in [3.05, 3.63) is 23.2 Å². The lowest BCUT2D eigenvalue weighted by Gasteiger charge is -1.96. The first-order valence-electron chi connectivity index (χ1n) is 2.46. The third-order valence-corrected chi connectivity index (χ3v) is 1.55. The van der Waals surface area contributed by atoms with Crippen molar-refractivity contribution in [2.45, 2.75) is 0 Å². The number of hydrogen-bond donors (Lipinski definition) is 0. The minimum Gasteiger partial charge on any atom is -0.495 e. The first-order valence-corrected chi connectivity index (χ1v) is 3.40. The maximum Gasteiger partial charge on any atom is 0.138 e. The number of rotatable bonds is 2. The lowest BCUT2D eigenvalue weighted by Crippen LogP contribution is -1.82. The van der Waals surface area contributed by atoms with Crippen molar-refractivity contribution in [3.63, 3.8) is 0 Å². The topological polar surface area (TPSA) is 22.1 Å². The molecule has 0 N–H and O–H groups in total. The third kappa shape index (κ3) is 1.29. The fraction of sp³-hybridized carbons (Fsp3) is 0.167.